The van der Waals surface area contributed by atoms with Gasteiger partial charge in [-0.1, -0.05) is 0 Å². The van der Waals surface area contributed by atoms with Gasteiger partial charge >= 0.3 is 0 Å². The summed E-state index contributed by atoms with van der Waals surface area (Å²) >= 11 is 2.10. The lowest BCUT2D eigenvalue weighted by molar-refractivity contribution is 0.246. The van der Waals surface area contributed by atoms with E-state index in [2.05, 4.69) is 22.6 Å². The topological polar surface area (TPSA) is 33.4 Å². The van der Waals surface area contributed by atoms with E-state index >= 15 is 0 Å². The Morgan fingerprint density at radius 2 is 2.50 bits per heavy atom. The molecule has 8 heavy (non-hydrogen) atoms. The fourth-order valence-corrected chi connectivity index (χ4v) is 0.882. The van der Waals surface area contributed by atoms with Crippen LogP contribution < -0.4 is 0 Å². The minimum atomic E-state index is -0.00866. The molecule has 1 rings (SSSR count). The van der Waals surface area contributed by atoms with E-state index in [-0.39, 0.29) is 6.61 Å². The highest BCUT2D eigenvalue weighted by atomic mass is 127. The second-order valence-corrected chi connectivity index (χ2v) is 2.51. The molecule has 2 nitrogen and oxygen atoms in total. The predicted molar refractivity (Wildman–Crippen MR) is 37.3 cm³/mol. The molecule has 0 aliphatic rings. The van der Waals surface area contributed by atoms with E-state index in [4.69, 9.17) is 9.52 Å². The van der Waals surface area contributed by atoms with Crippen molar-refractivity contribution < 1.29 is 9.52 Å². The Balaban J connectivity index is 2.92. The van der Waals surface area contributed by atoms with Crippen molar-refractivity contribution in [3.05, 3.63) is 21.7 Å². The van der Waals surface area contributed by atoms with Gasteiger partial charge in [0.15, 0.2) is 0 Å². The van der Waals surface area contributed by atoms with Gasteiger partial charge in [0.25, 0.3) is 0 Å². The number of aliphatic hydroxyl groups is 1. The minimum Gasteiger partial charge on any atom is -0.466 e. The molecule has 44 valence electrons. The Morgan fingerprint density at radius 3 is 2.75 bits per heavy atom. The smallest absolute Gasteiger partial charge is 0.142 e. The third-order valence-corrected chi connectivity index (χ3v) is 1.80. The van der Waals surface area contributed by atoms with E-state index in [1.807, 2.05) is 6.07 Å². The van der Waals surface area contributed by atoms with Gasteiger partial charge in [-0.3, -0.25) is 0 Å². The van der Waals surface area contributed by atoms with Crippen molar-refractivity contribution in [3.63, 3.8) is 0 Å². The van der Waals surface area contributed by atoms with Gasteiger partial charge in [0, 0.05) is 0 Å². The van der Waals surface area contributed by atoms with Gasteiger partial charge in [0.1, 0.15) is 12.4 Å². The van der Waals surface area contributed by atoms with Crippen molar-refractivity contribution in [2.24, 2.45) is 0 Å². The maximum atomic E-state index is 8.51. The molecule has 1 aromatic heterocycles. The van der Waals surface area contributed by atoms with Crippen molar-refractivity contribution in [2.45, 2.75) is 6.61 Å². The van der Waals surface area contributed by atoms with Crippen LogP contribution in [0.4, 0.5) is 0 Å². The molecule has 3 heteroatoms. The van der Waals surface area contributed by atoms with E-state index in [0.717, 1.165) is 3.57 Å². The highest BCUT2D eigenvalue weighted by Gasteiger charge is 1.97. The fourth-order valence-electron chi connectivity index (χ4n) is 0.438. The molecule has 1 aromatic rings. The Labute approximate surface area is 60.6 Å². The van der Waals surface area contributed by atoms with Crippen LogP contribution in [0.1, 0.15) is 5.76 Å². The summed E-state index contributed by atoms with van der Waals surface area (Å²) in [4.78, 5) is 0. The first-order valence-corrected chi connectivity index (χ1v) is 3.25. The molecule has 0 saturated carbocycles. The standard InChI is InChI=1S/C5H5IO2/c6-4-1-2-8-5(4)3-7/h1-2,7H,3H2. The Morgan fingerprint density at radius 1 is 1.75 bits per heavy atom. The second-order valence-electron chi connectivity index (χ2n) is 1.35. The van der Waals surface area contributed by atoms with E-state index < -0.39 is 0 Å². The summed E-state index contributed by atoms with van der Waals surface area (Å²) in [6.07, 6.45) is 1.56. The van der Waals surface area contributed by atoms with Crippen molar-refractivity contribution in [2.75, 3.05) is 0 Å². The zero-order valence-corrected chi connectivity index (χ0v) is 6.25. The third-order valence-electron chi connectivity index (χ3n) is 0.835. The normalized spacial score (nSPS) is 9.75. The number of rotatable bonds is 1. The van der Waals surface area contributed by atoms with Crippen LogP contribution in [0, 0.1) is 3.57 Å². The van der Waals surface area contributed by atoms with Crippen molar-refractivity contribution >= 4 is 22.6 Å². The van der Waals surface area contributed by atoms with E-state index in [0.29, 0.717) is 5.76 Å². The molecule has 1 N–H and O–H groups in total. The summed E-state index contributed by atoms with van der Waals surface area (Å²) in [6.45, 7) is -0.00866. The Bertz CT molecular complexity index is 171. The van der Waals surface area contributed by atoms with Crippen molar-refractivity contribution in [1.82, 2.24) is 0 Å². The van der Waals surface area contributed by atoms with Gasteiger partial charge < -0.3 is 9.52 Å². The van der Waals surface area contributed by atoms with Gasteiger partial charge in [-0.15, -0.1) is 0 Å². The summed E-state index contributed by atoms with van der Waals surface area (Å²) in [5, 5.41) is 8.51. The monoisotopic (exact) mass is 224 g/mol. The van der Waals surface area contributed by atoms with Crippen LogP contribution in [0.25, 0.3) is 0 Å². The highest BCUT2D eigenvalue weighted by Crippen LogP contribution is 2.11. The zero-order chi connectivity index (χ0) is 5.98. The molecule has 0 radical (unpaired) electrons. The average Bonchev–Trinajstić information content (AvgIpc) is 2.14. The number of furan rings is 1. The maximum absolute atomic E-state index is 8.51. The summed E-state index contributed by atoms with van der Waals surface area (Å²) in [5.74, 6) is 0.644. The van der Waals surface area contributed by atoms with Crippen LogP contribution in [0.5, 0.6) is 0 Å². The average molecular weight is 224 g/mol. The molecule has 0 amide bonds. The van der Waals surface area contributed by atoms with Gasteiger partial charge in [-0.2, -0.15) is 0 Å². The molecule has 0 aliphatic carbocycles. The Kier molecular flexibility index (Phi) is 1.90. The van der Waals surface area contributed by atoms with Gasteiger partial charge in [-0.25, -0.2) is 0 Å². The number of halogens is 1. The number of aliphatic hydroxyl groups excluding tert-OH is 1. The third kappa shape index (κ3) is 1.03. The zero-order valence-electron chi connectivity index (χ0n) is 4.10. The molecule has 0 aromatic carbocycles. The van der Waals surface area contributed by atoms with Gasteiger partial charge in [-0.05, 0) is 28.7 Å². The molecule has 0 aliphatic heterocycles. The van der Waals surface area contributed by atoms with Crippen LogP contribution >= 0.6 is 22.6 Å². The molecule has 0 bridgehead atoms. The minimum absolute atomic E-state index is 0.00866. The SMILES string of the molecule is OCc1occc1I. The largest absolute Gasteiger partial charge is 0.466 e. The highest BCUT2D eigenvalue weighted by molar-refractivity contribution is 14.1. The molecule has 0 spiro atoms. The van der Waals surface area contributed by atoms with Crippen molar-refractivity contribution in [1.29, 1.82) is 0 Å². The lowest BCUT2D eigenvalue weighted by Crippen LogP contribution is -1.78. The summed E-state index contributed by atoms with van der Waals surface area (Å²) < 4.78 is 5.83. The lowest BCUT2D eigenvalue weighted by Gasteiger charge is -1.84. The van der Waals surface area contributed by atoms with Crippen LogP contribution in [-0.2, 0) is 6.61 Å². The van der Waals surface area contributed by atoms with Crippen LogP contribution in [0.2, 0.25) is 0 Å². The summed E-state index contributed by atoms with van der Waals surface area (Å²) in [5.41, 5.74) is 0. The molecular formula is C5H5IO2. The first-order chi connectivity index (χ1) is 3.84. The molecule has 1 heterocycles. The molecule has 0 saturated heterocycles. The lowest BCUT2D eigenvalue weighted by atomic mass is 10.5. The second kappa shape index (κ2) is 2.50. The maximum Gasteiger partial charge on any atom is 0.142 e. The predicted octanol–water partition coefficient (Wildman–Crippen LogP) is 1.38. The first kappa shape index (κ1) is 6.10. The molecule has 0 fully saturated rings. The quantitative estimate of drug-likeness (QED) is 0.731. The van der Waals surface area contributed by atoms with E-state index in [1.165, 1.54) is 0 Å². The number of hydrogen-bond donors (Lipinski definition) is 1. The number of hydrogen-bond acceptors (Lipinski definition) is 2. The van der Waals surface area contributed by atoms with E-state index in [9.17, 15) is 0 Å². The van der Waals surface area contributed by atoms with Crippen molar-refractivity contribution in [3.8, 4) is 0 Å². The van der Waals surface area contributed by atoms with Gasteiger partial charge in [0.05, 0.1) is 9.83 Å². The molecule has 0 atom stereocenters. The molecular weight excluding hydrogens is 219 g/mol. The first-order valence-electron chi connectivity index (χ1n) is 2.17. The summed E-state index contributed by atoms with van der Waals surface area (Å²) in [6, 6.07) is 1.81. The van der Waals surface area contributed by atoms with Crippen LogP contribution in [0.15, 0.2) is 16.7 Å². The van der Waals surface area contributed by atoms with Gasteiger partial charge in [0.2, 0.25) is 0 Å². The van der Waals surface area contributed by atoms with Crippen LogP contribution in [-0.4, -0.2) is 5.11 Å². The van der Waals surface area contributed by atoms with Crippen LogP contribution in [0.3, 0.4) is 0 Å². The van der Waals surface area contributed by atoms with E-state index in [1.54, 1.807) is 6.26 Å². The Hall–Kier alpha value is -0.0300. The summed E-state index contributed by atoms with van der Waals surface area (Å²) in [7, 11) is 0. The fraction of sp³-hybridized carbons (Fsp3) is 0.200. The molecule has 0 unspecified atom stereocenters.